The van der Waals surface area contributed by atoms with E-state index in [-0.39, 0.29) is 11.8 Å². The summed E-state index contributed by atoms with van der Waals surface area (Å²) < 4.78 is 5.03. The summed E-state index contributed by atoms with van der Waals surface area (Å²) in [6.07, 6.45) is 8.07. The molecule has 1 saturated carbocycles. The molecular formula is C13H24BrNO2. The van der Waals surface area contributed by atoms with Gasteiger partial charge in [-0.1, -0.05) is 41.6 Å². The summed E-state index contributed by atoms with van der Waals surface area (Å²) in [5.41, 5.74) is 0. The Morgan fingerprint density at radius 2 is 2.00 bits per heavy atom. The number of carbonyl (C=O) groups excluding carboxylic acids is 1. The summed E-state index contributed by atoms with van der Waals surface area (Å²) >= 11 is 3.52. The van der Waals surface area contributed by atoms with Crippen molar-refractivity contribution < 1.29 is 9.53 Å². The molecule has 0 aromatic rings. The fourth-order valence-electron chi connectivity index (χ4n) is 2.30. The van der Waals surface area contributed by atoms with E-state index in [0.717, 1.165) is 25.8 Å². The van der Waals surface area contributed by atoms with E-state index in [4.69, 9.17) is 4.74 Å². The van der Waals surface area contributed by atoms with E-state index in [2.05, 4.69) is 21.2 Å². The Labute approximate surface area is 113 Å². The summed E-state index contributed by atoms with van der Waals surface area (Å²) in [6, 6.07) is 0. The minimum absolute atomic E-state index is 0.254. The van der Waals surface area contributed by atoms with Gasteiger partial charge in [-0.15, -0.1) is 0 Å². The third-order valence-corrected chi connectivity index (χ3v) is 4.05. The van der Waals surface area contributed by atoms with E-state index in [1.54, 1.807) is 7.11 Å². The number of methoxy groups -OCH3 is 1. The zero-order chi connectivity index (χ0) is 12.5. The van der Waals surface area contributed by atoms with Crippen molar-refractivity contribution in [2.75, 3.05) is 20.3 Å². The molecule has 4 heteroatoms. The van der Waals surface area contributed by atoms with E-state index in [9.17, 15) is 4.79 Å². The average molecular weight is 306 g/mol. The third kappa shape index (κ3) is 6.41. The van der Waals surface area contributed by atoms with Gasteiger partial charge in [0.25, 0.3) is 0 Å². The van der Waals surface area contributed by atoms with Gasteiger partial charge in [0.1, 0.15) is 0 Å². The molecule has 1 N–H and O–H groups in total. The number of carbonyl (C=O) groups is 1. The van der Waals surface area contributed by atoms with Crippen LogP contribution >= 0.6 is 15.9 Å². The van der Waals surface area contributed by atoms with Crippen LogP contribution in [0.15, 0.2) is 0 Å². The van der Waals surface area contributed by atoms with Crippen LogP contribution in [0.1, 0.15) is 44.9 Å². The minimum Gasteiger partial charge on any atom is -0.384 e. The third-order valence-electron chi connectivity index (χ3n) is 3.33. The standard InChI is InChI=1S/C13H24BrNO2/c1-17-10-12(14)8-9-15-13(16)11-6-4-2-3-5-7-11/h11-12H,2-10H2,1H3,(H,15,16). The number of amides is 1. The molecule has 0 heterocycles. The molecule has 1 aliphatic rings. The first-order valence-electron chi connectivity index (χ1n) is 6.64. The van der Waals surface area contributed by atoms with Crippen LogP contribution in [0.25, 0.3) is 0 Å². The van der Waals surface area contributed by atoms with Crippen molar-refractivity contribution in [3.63, 3.8) is 0 Å². The van der Waals surface area contributed by atoms with Crippen LogP contribution in [0.5, 0.6) is 0 Å². The van der Waals surface area contributed by atoms with Crippen LogP contribution in [-0.2, 0) is 9.53 Å². The van der Waals surface area contributed by atoms with Crippen LogP contribution < -0.4 is 5.32 Å². The molecule has 1 unspecified atom stereocenters. The fraction of sp³-hybridized carbons (Fsp3) is 0.923. The molecule has 1 atom stereocenters. The van der Waals surface area contributed by atoms with E-state index >= 15 is 0 Å². The SMILES string of the molecule is COCC(Br)CCNC(=O)C1CCCCCC1. The van der Waals surface area contributed by atoms with Gasteiger partial charge in [0.15, 0.2) is 0 Å². The van der Waals surface area contributed by atoms with Crippen LogP contribution in [0.3, 0.4) is 0 Å². The van der Waals surface area contributed by atoms with E-state index in [1.807, 2.05) is 0 Å². The molecule has 100 valence electrons. The number of hydrogen-bond donors (Lipinski definition) is 1. The molecule has 1 aliphatic carbocycles. The highest BCUT2D eigenvalue weighted by Crippen LogP contribution is 2.22. The lowest BCUT2D eigenvalue weighted by molar-refractivity contribution is -0.125. The molecule has 17 heavy (non-hydrogen) atoms. The van der Waals surface area contributed by atoms with Crippen LogP contribution in [0.4, 0.5) is 0 Å². The van der Waals surface area contributed by atoms with E-state index < -0.39 is 0 Å². The quantitative estimate of drug-likeness (QED) is 0.605. The first-order chi connectivity index (χ1) is 8.24. The second-order valence-electron chi connectivity index (χ2n) is 4.82. The maximum absolute atomic E-state index is 11.9. The van der Waals surface area contributed by atoms with Crippen molar-refractivity contribution in [1.82, 2.24) is 5.32 Å². The maximum Gasteiger partial charge on any atom is 0.223 e. The Bertz CT molecular complexity index is 215. The Kier molecular flexibility index (Phi) is 7.86. The van der Waals surface area contributed by atoms with Crippen molar-refractivity contribution in [3.8, 4) is 0 Å². The van der Waals surface area contributed by atoms with Gasteiger partial charge in [-0.05, 0) is 19.3 Å². The number of hydrogen-bond acceptors (Lipinski definition) is 2. The van der Waals surface area contributed by atoms with Gasteiger partial charge in [-0.3, -0.25) is 4.79 Å². The summed E-state index contributed by atoms with van der Waals surface area (Å²) in [5, 5.41) is 3.04. The van der Waals surface area contributed by atoms with Crippen molar-refractivity contribution in [3.05, 3.63) is 0 Å². The Morgan fingerprint density at radius 1 is 1.35 bits per heavy atom. The van der Waals surface area contributed by atoms with Gasteiger partial charge in [-0.25, -0.2) is 0 Å². The zero-order valence-electron chi connectivity index (χ0n) is 10.7. The molecule has 1 fully saturated rings. The van der Waals surface area contributed by atoms with Crippen LogP contribution in [-0.4, -0.2) is 31.0 Å². The first kappa shape index (κ1) is 15.0. The number of nitrogens with one attached hydrogen (secondary N) is 1. The zero-order valence-corrected chi connectivity index (χ0v) is 12.3. The van der Waals surface area contributed by atoms with Crippen molar-refractivity contribution >= 4 is 21.8 Å². The lowest BCUT2D eigenvalue weighted by Crippen LogP contribution is -2.32. The van der Waals surface area contributed by atoms with Gasteiger partial charge in [0, 0.05) is 24.4 Å². The highest BCUT2D eigenvalue weighted by Gasteiger charge is 2.19. The van der Waals surface area contributed by atoms with Crippen molar-refractivity contribution in [1.29, 1.82) is 0 Å². The molecule has 3 nitrogen and oxygen atoms in total. The summed E-state index contributed by atoms with van der Waals surface area (Å²) in [5.74, 6) is 0.512. The number of rotatable bonds is 6. The van der Waals surface area contributed by atoms with Gasteiger partial charge in [0.05, 0.1) is 6.61 Å². The van der Waals surface area contributed by atoms with Gasteiger partial charge in [-0.2, -0.15) is 0 Å². The maximum atomic E-state index is 11.9. The summed E-state index contributed by atoms with van der Waals surface area (Å²) in [7, 11) is 1.69. The second-order valence-corrected chi connectivity index (χ2v) is 6.12. The summed E-state index contributed by atoms with van der Waals surface area (Å²) in [4.78, 5) is 12.3. The molecule has 0 radical (unpaired) electrons. The minimum atomic E-state index is 0.254. The second kappa shape index (κ2) is 8.92. The normalized spacial score (nSPS) is 19.6. The highest BCUT2D eigenvalue weighted by molar-refractivity contribution is 9.09. The molecule has 0 aliphatic heterocycles. The lowest BCUT2D eigenvalue weighted by Gasteiger charge is -2.15. The number of ether oxygens (including phenoxy) is 1. The van der Waals surface area contributed by atoms with Crippen molar-refractivity contribution in [2.45, 2.75) is 49.8 Å². The average Bonchev–Trinajstić information content (AvgIpc) is 2.57. The van der Waals surface area contributed by atoms with E-state index in [0.29, 0.717) is 11.4 Å². The van der Waals surface area contributed by atoms with Gasteiger partial charge < -0.3 is 10.1 Å². The topological polar surface area (TPSA) is 38.3 Å². The molecule has 1 amide bonds. The Balaban J connectivity index is 2.15. The predicted molar refractivity (Wildman–Crippen MR) is 73.4 cm³/mol. The summed E-state index contributed by atoms with van der Waals surface area (Å²) in [6.45, 7) is 1.44. The molecule has 0 aromatic carbocycles. The van der Waals surface area contributed by atoms with Gasteiger partial charge >= 0.3 is 0 Å². The van der Waals surface area contributed by atoms with Crippen LogP contribution in [0, 0.1) is 5.92 Å². The predicted octanol–water partition coefficient (Wildman–Crippen LogP) is 2.87. The molecular weight excluding hydrogens is 282 g/mol. The Morgan fingerprint density at radius 3 is 2.59 bits per heavy atom. The van der Waals surface area contributed by atoms with Crippen molar-refractivity contribution in [2.24, 2.45) is 5.92 Å². The smallest absolute Gasteiger partial charge is 0.223 e. The molecule has 0 saturated heterocycles. The monoisotopic (exact) mass is 305 g/mol. The highest BCUT2D eigenvalue weighted by atomic mass is 79.9. The van der Waals surface area contributed by atoms with Gasteiger partial charge in [0.2, 0.25) is 5.91 Å². The van der Waals surface area contributed by atoms with Crippen LogP contribution in [0.2, 0.25) is 0 Å². The Hall–Kier alpha value is -0.0900. The largest absolute Gasteiger partial charge is 0.384 e. The molecule has 1 rings (SSSR count). The number of halogens is 1. The molecule has 0 aromatic heterocycles. The number of alkyl halides is 1. The lowest BCUT2D eigenvalue weighted by atomic mass is 9.99. The first-order valence-corrected chi connectivity index (χ1v) is 7.56. The fourth-order valence-corrected chi connectivity index (χ4v) is 2.80. The van der Waals surface area contributed by atoms with E-state index in [1.165, 1.54) is 25.7 Å². The molecule has 0 bridgehead atoms. The molecule has 0 spiro atoms.